The molecule has 0 aromatic carbocycles. The van der Waals surface area contributed by atoms with Gasteiger partial charge in [-0.1, -0.05) is 6.92 Å². The summed E-state index contributed by atoms with van der Waals surface area (Å²) in [4.78, 5) is 12.2. The first kappa shape index (κ1) is 18.0. The molecule has 1 aromatic heterocycles. The van der Waals surface area contributed by atoms with Crippen molar-refractivity contribution in [1.82, 2.24) is 15.1 Å². The Labute approximate surface area is 133 Å². The van der Waals surface area contributed by atoms with Crippen molar-refractivity contribution in [2.75, 3.05) is 18.4 Å². The van der Waals surface area contributed by atoms with Crippen molar-refractivity contribution >= 4 is 24.1 Å². The van der Waals surface area contributed by atoms with Gasteiger partial charge in [-0.25, -0.2) is 4.68 Å². The van der Waals surface area contributed by atoms with Crippen LogP contribution < -0.4 is 10.6 Å². The summed E-state index contributed by atoms with van der Waals surface area (Å²) < 4.78 is 1.84. The number of aromatic nitrogens is 2. The largest absolute Gasteiger partial charge is 0.317 e. The van der Waals surface area contributed by atoms with E-state index in [1.165, 1.54) is 12.8 Å². The highest BCUT2D eigenvalue weighted by Crippen LogP contribution is 2.24. The molecule has 0 bridgehead atoms. The number of anilines is 1. The molecule has 0 radical (unpaired) electrons. The molecule has 2 heterocycles. The smallest absolute Gasteiger partial charge is 0.225 e. The van der Waals surface area contributed by atoms with Gasteiger partial charge >= 0.3 is 0 Å². The SMILES string of the molecule is CC(CC(=O)Nc1ccnn1C(C)C)C1CCNCC1.Cl. The molecule has 1 aliphatic heterocycles. The minimum absolute atomic E-state index is 0. The summed E-state index contributed by atoms with van der Waals surface area (Å²) in [5.74, 6) is 1.99. The molecule has 2 N–H and O–H groups in total. The number of piperidine rings is 1. The van der Waals surface area contributed by atoms with Gasteiger partial charge < -0.3 is 10.6 Å². The lowest BCUT2D eigenvalue weighted by molar-refractivity contribution is -0.117. The summed E-state index contributed by atoms with van der Waals surface area (Å²) in [6, 6.07) is 2.11. The Kier molecular flexibility index (Phi) is 7.18. The van der Waals surface area contributed by atoms with Gasteiger partial charge in [0.15, 0.2) is 0 Å². The zero-order valence-corrected chi connectivity index (χ0v) is 13.9. The number of carbonyl (C=O) groups is 1. The minimum atomic E-state index is 0. The van der Waals surface area contributed by atoms with Crippen LogP contribution in [-0.4, -0.2) is 28.8 Å². The topological polar surface area (TPSA) is 59.0 Å². The van der Waals surface area contributed by atoms with Crippen LogP contribution in [0.1, 0.15) is 46.1 Å². The molecule has 120 valence electrons. The number of nitrogens with one attached hydrogen (secondary N) is 2. The zero-order chi connectivity index (χ0) is 14.5. The predicted molar refractivity (Wildman–Crippen MR) is 87.9 cm³/mol. The fraction of sp³-hybridized carbons (Fsp3) is 0.733. The molecule has 0 saturated carbocycles. The van der Waals surface area contributed by atoms with Crippen molar-refractivity contribution in [3.8, 4) is 0 Å². The number of hydrogen-bond acceptors (Lipinski definition) is 3. The molecule has 1 saturated heterocycles. The van der Waals surface area contributed by atoms with Gasteiger partial charge in [0, 0.05) is 18.5 Å². The highest BCUT2D eigenvalue weighted by molar-refractivity contribution is 5.90. The standard InChI is InChI=1S/C15H26N4O.ClH/c1-11(2)19-14(6-9-17-19)18-15(20)10-12(3)13-4-7-16-8-5-13;/h6,9,11-13,16H,4-5,7-8,10H2,1-3H3,(H,18,20);1H. The summed E-state index contributed by atoms with van der Waals surface area (Å²) in [6.45, 7) is 8.46. The highest BCUT2D eigenvalue weighted by Gasteiger charge is 2.22. The first-order valence-corrected chi connectivity index (χ1v) is 7.62. The Hall–Kier alpha value is -1.07. The Morgan fingerprint density at radius 2 is 2.10 bits per heavy atom. The first-order chi connectivity index (χ1) is 9.58. The van der Waals surface area contributed by atoms with Gasteiger partial charge in [0.25, 0.3) is 0 Å². The molecule has 1 amide bonds. The maximum Gasteiger partial charge on any atom is 0.225 e. The average molecular weight is 315 g/mol. The van der Waals surface area contributed by atoms with Crippen LogP contribution in [0.15, 0.2) is 12.3 Å². The molecule has 1 atom stereocenters. The summed E-state index contributed by atoms with van der Waals surface area (Å²) in [5.41, 5.74) is 0. The molecule has 2 rings (SSSR count). The van der Waals surface area contributed by atoms with Gasteiger partial charge in [-0.2, -0.15) is 5.10 Å². The lowest BCUT2D eigenvalue weighted by Crippen LogP contribution is -2.32. The van der Waals surface area contributed by atoms with Crippen molar-refractivity contribution in [3.63, 3.8) is 0 Å². The van der Waals surface area contributed by atoms with Gasteiger partial charge in [0.2, 0.25) is 5.91 Å². The van der Waals surface area contributed by atoms with E-state index in [-0.39, 0.29) is 24.4 Å². The van der Waals surface area contributed by atoms with Crippen molar-refractivity contribution in [3.05, 3.63) is 12.3 Å². The molecule has 5 nitrogen and oxygen atoms in total. The normalized spacial score (nSPS) is 17.3. The fourth-order valence-electron chi connectivity index (χ4n) is 2.89. The molecule has 1 aromatic rings. The van der Waals surface area contributed by atoms with Crippen LogP contribution in [0.25, 0.3) is 0 Å². The van der Waals surface area contributed by atoms with Crippen molar-refractivity contribution < 1.29 is 4.79 Å². The summed E-state index contributed by atoms with van der Waals surface area (Å²) in [5, 5.41) is 10.6. The maximum atomic E-state index is 12.2. The van der Waals surface area contributed by atoms with E-state index in [1.807, 2.05) is 10.7 Å². The van der Waals surface area contributed by atoms with Crippen LogP contribution in [-0.2, 0) is 4.79 Å². The Balaban J connectivity index is 0.00000220. The number of halogens is 1. The number of nitrogens with zero attached hydrogens (tertiary/aromatic N) is 2. The number of carbonyl (C=O) groups excluding carboxylic acids is 1. The van der Waals surface area contributed by atoms with E-state index in [0.29, 0.717) is 18.3 Å². The second kappa shape index (κ2) is 8.39. The maximum absolute atomic E-state index is 12.2. The molecule has 6 heteroatoms. The fourth-order valence-corrected chi connectivity index (χ4v) is 2.89. The molecular formula is C15H27ClN4O. The first-order valence-electron chi connectivity index (χ1n) is 7.62. The van der Waals surface area contributed by atoms with E-state index in [4.69, 9.17) is 0 Å². The van der Waals surface area contributed by atoms with Crippen LogP contribution in [0.5, 0.6) is 0 Å². The Morgan fingerprint density at radius 3 is 2.71 bits per heavy atom. The zero-order valence-electron chi connectivity index (χ0n) is 13.1. The molecular weight excluding hydrogens is 288 g/mol. The Bertz CT molecular complexity index is 441. The van der Waals surface area contributed by atoms with E-state index in [0.717, 1.165) is 18.9 Å². The van der Waals surface area contributed by atoms with Crippen molar-refractivity contribution in [2.24, 2.45) is 11.8 Å². The second-order valence-electron chi connectivity index (χ2n) is 6.07. The second-order valence-corrected chi connectivity index (χ2v) is 6.07. The van der Waals surface area contributed by atoms with Crippen LogP contribution in [0, 0.1) is 11.8 Å². The minimum Gasteiger partial charge on any atom is -0.317 e. The lowest BCUT2D eigenvalue weighted by atomic mass is 9.84. The third-order valence-electron chi connectivity index (χ3n) is 4.12. The van der Waals surface area contributed by atoms with E-state index < -0.39 is 0 Å². The van der Waals surface area contributed by atoms with Crippen LogP contribution >= 0.6 is 12.4 Å². The summed E-state index contributed by atoms with van der Waals surface area (Å²) >= 11 is 0. The third kappa shape index (κ3) is 5.00. The van der Waals surface area contributed by atoms with Crippen LogP contribution in [0.4, 0.5) is 5.82 Å². The molecule has 1 fully saturated rings. The van der Waals surface area contributed by atoms with Crippen molar-refractivity contribution in [1.29, 1.82) is 0 Å². The molecule has 1 unspecified atom stereocenters. The molecule has 0 aliphatic carbocycles. The summed E-state index contributed by atoms with van der Waals surface area (Å²) in [6.07, 6.45) is 4.68. The molecule has 21 heavy (non-hydrogen) atoms. The van der Waals surface area contributed by atoms with Gasteiger partial charge in [0.05, 0.1) is 6.20 Å². The number of hydrogen-bond donors (Lipinski definition) is 2. The quantitative estimate of drug-likeness (QED) is 0.878. The third-order valence-corrected chi connectivity index (χ3v) is 4.12. The van der Waals surface area contributed by atoms with Gasteiger partial charge in [-0.3, -0.25) is 4.79 Å². The van der Waals surface area contributed by atoms with E-state index in [2.05, 4.69) is 36.5 Å². The number of amides is 1. The average Bonchev–Trinajstić information content (AvgIpc) is 2.87. The number of rotatable bonds is 5. The Morgan fingerprint density at radius 1 is 1.43 bits per heavy atom. The highest BCUT2D eigenvalue weighted by atomic mass is 35.5. The molecule has 1 aliphatic rings. The van der Waals surface area contributed by atoms with Crippen molar-refractivity contribution in [2.45, 2.75) is 46.1 Å². The monoisotopic (exact) mass is 314 g/mol. The van der Waals surface area contributed by atoms with Gasteiger partial charge in [-0.05, 0) is 51.6 Å². The van der Waals surface area contributed by atoms with Crippen LogP contribution in [0.2, 0.25) is 0 Å². The van der Waals surface area contributed by atoms with Gasteiger partial charge in [0.1, 0.15) is 5.82 Å². The van der Waals surface area contributed by atoms with Gasteiger partial charge in [-0.15, -0.1) is 12.4 Å². The van der Waals surface area contributed by atoms with Crippen LogP contribution in [0.3, 0.4) is 0 Å². The van der Waals surface area contributed by atoms with E-state index >= 15 is 0 Å². The summed E-state index contributed by atoms with van der Waals surface area (Å²) in [7, 11) is 0. The predicted octanol–water partition coefficient (Wildman–Crippen LogP) is 2.85. The molecule has 0 spiro atoms. The van der Waals surface area contributed by atoms with E-state index in [9.17, 15) is 4.79 Å². The van der Waals surface area contributed by atoms with E-state index in [1.54, 1.807) is 6.20 Å². The lowest BCUT2D eigenvalue weighted by Gasteiger charge is -2.27.